The molecule has 0 saturated heterocycles. The molecule has 0 aliphatic carbocycles. The Morgan fingerprint density at radius 3 is 1.94 bits per heavy atom. The van der Waals surface area contributed by atoms with Gasteiger partial charge in [0.25, 0.3) is 0 Å². The van der Waals surface area contributed by atoms with Gasteiger partial charge in [-0.3, -0.25) is 0 Å². The van der Waals surface area contributed by atoms with Crippen molar-refractivity contribution in [1.29, 1.82) is 0 Å². The van der Waals surface area contributed by atoms with Crippen LogP contribution in [0.5, 0.6) is 5.75 Å². The lowest BCUT2D eigenvalue weighted by molar-refractivity contribution is 0.364. The van der Waals surface area contributed by atoms with Crippen molar-refractivity contribution in [1.82, 2.24) is 0 Å². The molecule has 2 nitrogen and oxygen atoms in total. The molecule has 1 aromatic rings. The molecule has 2 heteroatoms. The summed E-state index contributed by atoms with van der Waals surface area (Å²) < 4.78 is 5.20. The highest BCUT2D eigenvalue weighted by Crippen LogP contribution is 2.34. The average molecular weight is 235 g/mol. The van der Waals surface area contributed by atoms with Gasteiger partial charge in [-0.15, -0.1) is 0 Å². The maximum Gasteiger partial charge on any atom is 0.118 e. The molecule has 96 valence electrons. The van der Waals surface area contributed by atoms with Crippen LogP contribution in [0, 0.1) is 0 Å². The first-order valence-corrected chi connectivity index (χ1v) is 6.57. The molecule has 0 fully saturated rings. The number of rotatable bonds is 7. The van der Waals surface area contributed by atoms with E-state index in [9.17, 15) is 0 Å². The molecule has 0 heterocycles. The summed E-state index contributed by atoms with van der Waals surface area (Å²) in [5.41, 5.74) is 7.55. The van der Waals surface area contributed by atoms with Crippen molar-refractivity contribution in [2.45, 2.75) is 44.9 Å². The molecule has 17 heavy (non-hydrogen) atoms. The van der Waals surface area contributed by atoms with E-state index in [0.717, 1.165) is 25.1 Å². The Morgan fingerprint density at radius 1 is 1.06 bits per heavy atom. The summed E-state index contributed by atoms with van der Waals surface area (Å²) in [6.07, 6.45) is 4.65. The quantitative estimate of drug-likeness (QED) is 0.785. The molecule has 0 atom stereocenters. The van der Waals surface area contributed by atoms with E-state index in [1.807, 2.05) is 12.1 Å². The first-order chi connectivity index (χ1) is 8.22. The Kier molecular flexibility index (Phi) is 5.49. The van der Waals surface area contributed by atoms with Gasteiger partial charge in [-0.2, -0.15) is 0 Å². The van der Waals surface area contributed by atoms with Gasteiger partial charge >= 0.3 is 0 Å². The van der Waals surface area contributed by atoms with Crippen LogP contribution in [0.1, 0.15) is 45.1 Å². The van der Waals surface area contributed by atoms with Crippen LogP contribution < -0.4 is 10.5 Å². The summed E-state index contributed by atoms with van der Waals surface area (Å²) in [5.74, 6) is 0.910. The van der Waals surface area contributed by atoms with E-state index in [4.69, 9.17) is 10.5 Å². The summed E-state index contributed by atoms with van der Waals surface area (Å²) >= 11 is 0. The minimum Gasteiger partial charge on any atom is -0.497 e. The number of nitrogens with two attached hydrogens (primary N) is 1. The Bertz CT molecular complexity index is 312. The van der Waals surface area contributed by atoms with E-state index in [2.05, 4.69) is 26.0 Å². The highest BCUT2D eigenvalue weighted by atomic mass is 16.5. The second-order valence-electron chi connectivity index (χ2n) is 4.71. The van der Waals surface area contributed by atoms with Crippen molar-refractivity contribution in [2.75, 3.05) is 13.7 Å². The fraction of sp³-hybridized carbons (Fsp3) is 0.600. The van der Waals surface area contributed by atoms with Crippen LogP contribution in [0.15, 0.2) is 24.3 Å². The van der Waals surface area contributed by atoms with Crippen LogP contribution in [0.2, 0.25) is 0 Å². The van der Waals surface area contributed by atoms with E-state index in [-0.39, 0.29) is 5.41 Å². The number of ether oxygens (including phenoxy) is 1. The molecule has 2 N–H and O–H groups in total. The van der Waals surface area contributed by atoms with Crippen molar-refractivity contribution in [2.24, 2.45) is 5.73 Å². The molecule has 1 aromatic carbocycles. The van der Waals surface area contributed by atoms with Crippen LogP contribution in [-0.4, -0.2) is 13.7 Å². The molecule has 0 spiro atoms. The predicted molar refractivity (Wildman–Crippen MR) is 73.5 cm³/mol. The minimum absolute atomic E-state index is 0.149. The molecule has 0 amide bonds. The van der Waals surface area contributed by atoms with Gasteiger partial charge in [-0.05, 0) is 30.5 Å². The van der Waals surface area contributed by atoms with Gasteiger partial charge in [0.1, 0.15) is 5.75 Å². The van der Waals surface area contributed by atoms with Crippen LogP contribution in [0.4, 0.5) is 0 Å². The predicted octanol–water partition coefficient (Wildman–Crippen LogP) is 3.49. The van der Waals surface area contributed by atoms with Gasteiger partial charge < -0.3 is 10.5 Å². The Labute approximate surface area is 105 Å². The topological polar surface area (TPSA) is 35.2 Å². The van der Waals surface area contributed by atoms with Gasteiger partial charge in [0.2, 0.25) is 0 Å². The number of hydrogen-bond donors (Lipinski definition) is 1. The molecule has 0 aromatic heterocycles. The summed E-state index contributed by atoms with van der Waals surface area (Å²) in [6.45, 7) is 5.17. The van der Waals surface area contributed by atoms with Gasteiger partial charge in [0, 0.05) is 12.0 Å². The van der Waals surface area contributed by atoms with Crippen LogP contribution in [-0.2, 0) is 5.41 Å². The highest BCUT2D eigenvalue weighted by Gasteiger charge is 2.28. The largest absolute Gasteiger partial charge is 0.497 e. The molecule has 0 aliphatic rings. The van der Waals surface area contributed by atoms with E-state index in [1.165, 1.54) is 18.4 Å². The van der Waals surface area contributed by atoms with Crippen molar-refractivity contribution < 1.29 is 4.74 Å². The van der Waals surface area contributed by atoms with Gasteiger partial charge in [-0.25, -0.2) is 0 Å². The van der Waals surface area contributed by atoms with Crippen molar-refractivity contribution in [3.63, 3.8) is 0 Å². The third-order valence-corrected chi connectivity index (χ3v) is 3.55. The third kappa shape index (κ3) is 3.22. The lowest BCUT2D eigenvalue weighted by atomic mass is 9.73. The summed E-state index contributed by atoms with van der Waals surface area (Å²) in [7, 11) is 1.70. The fourth-order valence-corrected chi connectivity index (χ4v) is 2.64. The highest BCUT2D eigenvalue weighted by molar-refractivity contribution is 5.32. The summed E-state index contributed by atoms with van der Waals surface area (Å²) in [4.78, 5) is 0. The maximum absolute atomic E-state index is 6.05. The fourth-order valence-electron chi connectivity index (χ4n) is 2.64. The molecule has 0 aliphatic heterocycles. The van der Waals surface area contributed by atoms with Gasteiger partial charge in [0.15, 0.2) is 0 Å². The Balaban J connectivity index is 3.01. The van der Waals surface area contributed by atoms with Crippen molar-refractivity contribution in [3.05, 3.63) is 29.8 Å². The second-order valence-corrected chi connectivity index (χ2v) is 4.71. The number of benzene rings is 1. The first kappa shape index (κ1) is 14.0. The lowest BCUT2D eigenvalue weighted by Crippen LogP contribution is -2.35. The smallest absolute Gasteiger partial charge is 0.118 e. The van der Waals surface area contributed by atoms with Crippen molar-refractivity contribution >= 4 is 0 Å². The zero-order valence-electron chi connectivity index (χ0n) is 11.3. The zero-order chi connectivity index (χ0) is 12.7. The van der Waals surface area contributed by atoms with E-state index >= 15 is 0 Å². The first-order valence-electron chi connectivity index (χ1n) is 6.57. The minimum atomic E-state index is 0.149. The van der Waals surface area contributed by atoms with Crippen molar-refractivity contribution in [3.8, 4) is 5.75 Å². The monoisotopic (exact) mass is 235 g/mol. The van der Waals surface area contributed by atoms with Crippen LogP contribution in [0.25, 0.3) is 0 Å². The number of hydrogen-bond acceptors (Lipinski definition) is 2. The lowest BCUT2D eigenvalue weighted by Gasteiger charge is -2.33. The molecule has 0 unspecified atom stereocenters. The molecule has 0 saturated carbocycles. The zero-order valence-corrected chi connectivity index (χ0v) is 11.3. The van der Waals surface area contributed by atoms with E-state index in [0.29, 0.717) is 0 Å². The Morgan fingerprint density at radius 2 is 1.59 bits per heavy atom. The normalized spacial score (nSPS) is 11.5. The molecule has 0 radical (unpaired) electrons. The standard InChI is InChI=1S/C15H25NO/c1-4-10-15(12-16,11-5-2)13-6-8-14(17-3)9-7-13/h6-9H,4-5,10-12,16H2,1-3H3. The molecule has 0 bridgehead atoms. The Hall–Kier alpha value is -1.02. The van der Waals surface area contributed by atoms with E-state index in [1.54, 1.807) is 7.11 Å². The van der Waals surface area contributed by atoms with Gasteiger partial charge in [-0.1, -0.05) is 38.8 Å². The van der Waals surface area contributed by atoms with Crippen LogP contribution >= 0.6 is 0 Å². The molecular weight excluding hydrogens is 210 g/mol. The third-order valence-electron chi connectivity index (χ3n) is 3.55. The van der Waals surface area contributed by atoms with Crippen LogP contribution in [0.3, 0.4) is 0 Å². The second kappa shape index (κ2) is 6.65. The molecular formula is C15H25NO. The SMILES string of the molecule is CCCC(CN)(CCC)c1ccc(OC)cc1. The number of methoxy groups -OCH3 is 1. The summed E-state index contributed by atoms with van der Waals surface area (Å²) in [5, 5.41) is 0. The van der Waals surface area contributed by atoms with Gasteiger partial charge in [0.05, 0.1) is 7.11 Å². The average Bonchev–Trinajstić information content (AvgIpc) is 2.38. The van der Waals surface area contributed by atoms with E-state index < -0.39 is 0 Å². The maximum atomic E-state index is 6.05. The molecule has 1 rings (SSSR count). The summed E-state index contributed by atoms with van der Waals surface area (Å²) in [6, 6.07) is 8.39.